The zero-order valence-corrected chi connectivity index (χ0v) is 11.3. The summed E-state index contributed by atoms with van der Waals surface area (Å²) >= 11 is 2.85. The Labute approximate surface area is 108 Å². The van der Waals surface area contributed by atoms with Gasteiger partial charge in [0.05, 0.1) is 12.2 Å². The van der Waals surface area contributed by atoms with Crippen LogP contribution in [0.3, 0.4) is 0 Å². The molecule has 0 aliphatic heterocycles. The van der Waals surface area contributed by atoms with Gasteiger partial charge in [-0.05, 0) is 37.0 Å². The molecule has 6 heteroatoms. The lowest BCUT2D eigenvalue weighted by atomic mass is 10.3. The quantitative estimate of drug-likeness (QED) is 0.925. The van der Waals surface area contributed by atoms with E-state index in [0.717, 1.165) is 28.5 Å². The number of aromatic nitrogens is 2. The van der Waals surface area contributed by atoms with E-state index in [1.807, 2.05) is 13.0 Å². The molecule has 2 aromatic heterocycles. The number of hydrogen-bond acceptors (Lipinski definition) is 5. The lowest BCUT2D eigenvalue weighted by molar-refractivity contribution is 0.0954. The molecule has 0 bridgehead atoms. The van der Waals surface area contributed by atoms with Gasteiger partial charge in [0, 0.05) is 9.75 Å². The van der Waals surface area contributed by atoms with Crippen molar-refractivity contribution in [3.05, 3.63) is 32.5 Å². The van der Waals surface area contributed by atoms with Crippen LogP contribution in [0.1, 0.15) is 32.0 Å². The van der Waals surface area contributed by atoms with Crippen molar-refractivity contribution in [3.63, 3.8) is 0 Å². The SMILES string of the molecule is CCc1nnsc1C(=O)NCc1ccc(C)s1. The zero-order valence-electron chi connectivity index (χ0n) is 9.69. The van der Waals surface area contributed by atoms with Crippen LogP contribution in [0.25, 0.3) is 0 Å². The van der Waals surface area contributed by atoms with Crippen LogP contribution in [0.2, 0.25) is 0 Å². The Morgan fingerprint density at radius 3 is 2.94 bits per heavy atom. The van der Waals surface area contributed by atoms with Crippen molar-refractivity contribution >= 4 is 28.8 Å². The molecule has 0 aromatic carbocycles. The highest BCUT2D eigenvalue weighted by atomic mass is 32.1. The Bertz CT molecular complexity index is 518. The standard InChI is InChI=1S/C11H13N3OS2/c1-3-9-10(17-14-13-9)11(15)12-6-8-5-4-7(2)16-8/h4-5H,3,6H2,1-2H3,(H,12,15). The highest BCUT2D eigenvalue weighted by molar-refractivity contribution is 7.11. The predicted molar refractivity (Wildman–Crippen MR) is 69.5 cm³/mol. The van der Waals surface area contributed by atoms with Crippen molar-refractivity contribution in [1.29, 1.82) is 0 Å². The topological polar surface area (TPSA) is 54.9 Å². The van der Waals surface area contributed by atoms with Gasteiger partial charge in [-0.15, -0.1) is 16.4 Å². The van der Waals surface area contributed by atoms with Gasteiger partial charge in [0.2, 0.25) is 0 Å². The number of amides is 1. The van der Waals surface area contributed by atoms with Crippen molar-refractivity contribution in [2.75, 3.05) is 0 Å². The van der Waals surface area contributed by atoms with Gasteiger partial charge in [-0.25, -0.2) is 0 Å². The second kappa shape index (κ2) is 5.37. The van der Waals surface area contributed by atoms with Gasteiger partial charge in [-0.1, -0.05) is 11.4 Å². The molecule has 0 saturated heterocycles. The average Bonchev–Trinajstić information content (AvgIpc) is 2.94. The van der Waals surface area contributed by atoms with Crippen molar-refractivity contribution < 1.29 is 4.79 Å². The van der Waals surface area contributed by atoms with Gasteiger partial charge < -0.3 is 5.32 Å². The van der Waals surface area contributed by atoms with E-state index < -0.39 is 0 Å². The van der Waals surface area contributed by atoms with Gasteiger partial charge >= 0.3 is 0 Å². The number of thiophene rings is 1. The number of hydrogen-bond donors (Lipinski definition) is 1. The van der Waals surface area contributed by atoms with Crippen molar-refractivity contribution in [2.24, 2.45) is 0 Å². The van der Waals surface area contributed by atoms with Crippen LogP contribution in [-0.2, 0) is 13.0 Å². The van der Waals surface area contributed by atoms with Crippen LogP contribution in [0.5, 0.6) is 0 Å². The van der Waals surface area contributed by atoms with Crippen molar-refractivity contribution in [3.8, 4) is 0 Å². The summed E-state index contributed by atoms with van der Waals surface area (Å²) < 4.78 is 3.81. The maximum Gasteiger partial charge on any atom is 0.265 e. The smallest absolute Gasteiger partial charge is 0.265 e. The van der Waals surface area contributed by atoms with Crippen LogP contribution in [0, 0.1) is 6.92 Å². The van der Waals surface area contributed by atoms with Gasteiger partial charge in [0.15, 0.2) is 0 Å². The largest absolute Gasteiger partial charge is 0.346 e. The molecule has 0 fully saturated rings. The molecule has 0 radical (unpaired) electrons. The third kappa shape index (κ3) is 2.89. The summed E-state index contributed by atoms with van der Waals surface area (Å²) in [4.78, 5) is 14.9. The molecule has 2 aromatic rings. The molecule has 90 valence electrons. The highest BCUT2D eigenvalue weighted by Crippen LogP contribution is 2.15. The molecule has 2 rings (SSSR count). The summed E-state index contributed by atoms with van der Waals surface area (Å²) in [5.41, 5.74) is 0.773. The van der Waals surface area contributed by atoms with Crippen LogP contribution < -0.4 is 5.32 Å². The number of carbonyl (C=O) groups excluding carboxylic acids is 1. The zero-order chi connectivity index (χ0) is 12.3. The minimum atomic E-state index is -0.0806. The fraction of sp³-hybridized carbons (Fsp3) is 0.364. The summed E-state index contributed by atoms with van der Waals surface area (Å²) in [6.07, 6.45) is 0.733. The molecule has 17 heavy (non-hydrogen) atoms. The molecule has 0 atom stereocenters. The van der Waals surface area contributed by atoms with Crippen molar-refractivity contribution in [1.82, 2.24) is 14.9 Å². The minimum absolute atomic E-state index is 0.0806. The van der Waals surface area contributed by atoms with E-state index in [1.165, 1.54) is 4.88 Å². The first-order valence-electron chi connectivity index (χ1n) is 5.35. The maximum absolute atomic E-state index is 11.9. The fourth-order valence-corrected chi connectivity index (χ4v) is 2.94. The predicted octanol–water partition coefficient (Wildman–Crippen LogP) is 2.40. The van der Waals surface area contributed by atoms with E-state index in [-0.39, 0.29) is 5.91 Å². The van der Waals surface area contributed by atoms with E-state index in [2.05, 4.69) is 27.9 Å². The van der Waals surface area contributed by atoms with Crippen LogP contribution >= 0.6 is 22.9 Å². The second-order valence-electron chi connectivity index (χ2n) is 3.60. The van der Waals surface area contributed by atoms with Gasteiger partial charge in [0.25, 0.3) is 5.91 Å². The van der Waals surface area contributed by atoms with E-state index in [0.29, 0.717) is 11.4 Å². The first kappa shape index (κ1) is 12.2. The first-order chi connectivity index (χ1) is 8.20. The lowest BCUT2D eigenvalue weighted by Crippen LogP contribution is -2.22. The second-order valence-corrected chi connectivity index (χ2v) is 5.72. The number of aryl methyl sites for hydroxylation is 2. The third-order valence-corrected chi connectivity index (χ3v) is 4.08. The summed E-state index contributed by atoms with van der Waals surface area (Å²) in [5.74, 6) is -0.0806. The Hall–Kier alpha value is -1.27. The molecule has 0 aliphatic carbocycles. The molecule has 0 saturated carbocycles. The summed E-state index contributed by atoms with van der Waals surface area (Å²) in [5, 5.41) is 6.82. The fourth-order valence-electron chi connectivity index (χ4n) is 1.44. The van der Waals surface area contributed by atoms with Crippen LogP contribution in [-0.4, -0.2) is 15.5 Å². The third-order valence-electron chi connectivity index (χ3n) is 2.32. The number of nitrogens with one attached hydrogen (secondary N) is 1. The first-order valence-corrected chi connectivity index (χ1v) is 6.94. The molecular formula is C11H13N3OS2. The normalized spacial score (nSPS) is 10.5. The molecule has 0 spiro atoms. The monoisotopic (exact) mass is 267 g/mol. The minimum Gasteiger partial charge on any atom is -0.346 e. The molecular weight excluding hydrogens is 254 g/mol. The van der Waals surface area contributed by atoms with Crippen molar-refractivity contribution in [2.45, 2.75) is 26.8 Å². The van der Waals surface area contributed by atoms with Gasteiger partial charge in [-0.3, -0.25) is 4.79 Å². The van der Waals surface area contributed by atoms with Gasteiger partial charge in [0.1, 0.15) is 4.88 Å². The Balaban J connectivity index is 1.98. The summed E-state index contributed by atoms with van der Waals surface area (Å²) in [7, 11) is 0. The Morgan fingerprint density at radius 1 is 1.47 bits per heavy atom. The summed E-state index contributed by atoms with van der Waals surface area (Å²) in [6, 6.07) is 4.09. The van der Waals surface area contributed by atoms with E-state index in [4.69, 9.17) is 0 Å². The molecule has 0 aliphatic rings. The van der Waals surface area contributed by atoms with Gasteiger partial charge in [-0.2, -0.15) is 0 Å². The number of rotatable bonds is 4. The number of nitrogens with zero attached hydrogens (tertiary/aromatic N) is 2. The molecule has 1 amide bonds. The van der Waals surface area contributed by atoms with E-state index in [1.54, 1.807) is 11.3 Å². The van der Waals surface area contributed by atoms with E-state index >= 15 is 0 Å². The number of carbonyl (C=O) groups is 1. The molecule has 4 nitrogen and oxygen atoms in total. The Kier molecular flexibility index (Phi) is 3.86. The van der Waals surface area contributed by atoms with Crippen LogP contribution in [0.4, 0.5) is 0 Å². The Morgan fingerprint density at radius 2 is 2.29 bits per heavy atom. The van der Waals surface area contributed by atoms with E-state index in [9.17, 15) is 4.79 Å². The highest BCUT2D eigenvalue weighted by Gasteiger charge is 2.14. The lowest BCUT2D eigenvalue weighted by Gasteiger charge is -2.01. The maximum atomic E-state index is 11.9. The average molecular weight is 267 g/mol. The van der Waals surface area contributed by atoms with Crippen LogP contribution in [0.15, 0.2) is 12.1 Å². The molecule has 0 unspecified atom stereocenters. The summed E-state index contributed by atoms with van der Waals surface area (Å²) in [6.45, 7) is 4.59. The molecule has 2 heterocycles. The molecule has 1 N–H and O–H groups in total.